The lowest BCUT2D eigenvalue weighted by atomic mass is 10.1. The summed E-state index contributed by atoms with van der Waals surface area (Å²) in [4.78, 5) is 4.76. The summed E-state index contributed by atoms with van der Waals surface area (Å²) in [6.07, 6.45) is 5.52. The van der Waals surface area contributed by atoms with E-state index in [2.05, 4.69) is 24.5 Å². The van der Waals surface area contributed by atoms with Gasteiger partial charge in [-0.15, -0.1) is 11.3 Å². The number of hydrogen-bond donors (Lipinski definition) is 1. The molecule has 2 aliphatic carbocycles. The minimum atomic E-state index is 0.416. The van der Waals surface area contributed by atoms with Crippen molar-refractivity contribution >= 4 is 11.3 Å². The first-order chi connectivity index (χ1) is 7.74. The van der Waals surface area contributed by atoms with Crippen LogP contribution in [0.2, 0.25) is 0 Å². The summed E-state index contributed by atoms with van der Waals surface area (Å²) in [7, 11) is 0. The highest BCUT2D eigenvalue weighted by molar-refractivity contribution is 7.09. The van der Waals surface area contributed by atoms with Gasteiger partial charge < -0.3 is 5.32 Å². The third kappa shape index (κ3) is 2.30. The molecule has 0 bridgehead atoms. The maximum absolute atomic E-state index is 4.76. The summed E-state index contributed by atoms with van der Waals surface area (Å²) in [5.41, 5.74) is 1.25. The second-order valence-corrected chi connectivity index (χ2v) is 6.29. The molecule has 0 saturated heterocycles. The molecular weight excluding hydrogens is 216 g/mol. The maximum atomic E-state index is 4.76. The lowest BCUT2D eigenvalue weighted by Gasteiger charge is -2.18. The second-order valence-electron chi connectivity index (χ2n) is 5.40. The van der Waals surface area contributed by atoms with Crippen molar-refractivity contribution in [2.45, 2.75) is 57.5 Å². The Kier molecular flexibility index (Phi) is 2.76. The number of aromatic nitrogens is 1. The van der Waals surface area contributed by atoms with Gasteiger partial charge in [0.05, 0.1) is 10.7 Å². The van der Waals surface area contributed by atoms with E-state index >= 15 is 0 Å². The van der Waals surface area contributed by atoms with E-state index in [0.29, 0.717) is 12.1 Å². The van der Waals surface area contributed by atoms with Crippen molar-refractivity contribution in [3.63, 3.8) is 0 Å². The van der Waals surface area contributed by atoms with Gasteiger partial charge in [-0.1, -0.05) is 0 Å². The van der Waals surface area contributed by atoms with Crippen LogP contribution in [0.5, 0.6) is 0 Å². The van der Waals surface area contributed by atoms with E-state index in [9.17, 15) is 0 Å². The molecule has 1 aromatic rings. The van der Waals surface area contributed by atoms with Crippen LogP contribution in [-0.4, -0.2) is 11.0 Å². The fourth-order valence-corrected chi connectivity index (χ4v) is 3.31. The van der Waals surface area contributed by atoms with E-state index in [1.165, 1.54) is 36.4 Å². The molecule has 2 fully saturated rings. The lowest BCUT2D eigenvalue weighted by molar-refractivity contribution is 0.436. The van der Waals surface area contributed by atoms with Gasteiger partial charge in [0, 0.05) is 23.4 Å². The minimum Gasteiger partial charge on any atom is -0.306 e. The van der Waals surface area contributed by atoms with Crippen LogP contribution in [0.25, 0.3) is 0 Å². The van der Waals surface area contributed by atoms with Crippen molar-refractivity contribution < 1.29 is 0 Å². The van der Waals surface area contributed by atoms with Crippen LogP contribution >= 0.6 is 11.3 Å². The van der Waals surface area contributed by atoms with Gasteiger partial charge in [-0.25, -0.2) is 4.98 Å². The molecule has 0 aliphatic heterocycles. The third-order valence-electron chi connectivity index (χ3n) is 3.75. The molecule has 1 heterocycles. The first kappa shape index (κ1) is 10.7. The zero-order valence-corrected chi connectivity index (χ0v) is 10.9. The van der Waals surface area contributed by atoms with Crippen LogP contribution in [0, 0.1) is 5.92 Å². The lowest BCUT2D eigenvalue weighted by Crippen LogP contribution is -2.30. The van der Waals surface area contributed by atoms with Gasteiger partial charge in [-0.2, -0.15) is 0 Å². The summed E-state index contributed by atoms with van der Waals surface area (Å²) < 4.78 is 0. The van der Waals surface area contributed by atoms with E-state index < -0.39 is 0 Å². The number of hydrogen-bond acceptors (Lipinski definition) is 3. The molecule has 2 aliphatic rings. The molecule has 0 amide bonds. The Hall–Kier alpha value is -0.410. The molecule has 2 unspecified atom stereocenters. The number of rotatable bonds is 5. The molecule has 1 aromatic heterocycles. The average Bonchev–Trinajstić information content (AvgIpc) is 3.16. The van der Waals surface area contributed by atoms with Crippen LogP contribution in [-0.2, 0) is 0 Å². The van der Waals surface area contributed by atoms with Gasteiger partial charge in [0.2, 0.25) is 0 Å². The van der Waals surface area contributed by atoms with E-state index in [1.807, 2.05) is 11.3 Å². The van der Waals surface area contributed by atoms with Gasteiger partial charge >= 0.3 is 0 Å². The molecule has 88 valence electrons. The molecule has 2 atom stereocenters. The highest BCUT2D eigenvalue weighted by Gasteiger charge is 2.30. The van der Waals surface area contributed by atoms with Crippen molar-refractivity contribution in [1.82, 2.24) is 10.3 Å². The fourth-order valence-electron chi connectivity index (χ4n) is 2.23. The molecule has 3 rings (SSSR count). The molecule has 0 spiro atoms. The molecule has 16 heavy (non-hydrogen) atoms. The zero-order chi connectivity index (χ0) is 11.1. The fraction of sp³-hybridized carbons (Fsp3) is 0.769. The third-order valence-corrected chi connectivity index (χ3v) is 4.78. The Labute approximate surface area is 101 Å². The molecule has 1 N–H and O–H groups in total. The van der Waals surface area contributed by atoms with Crippen LogP contribution < -0.4 is 5.32 Å². The average molecular weight is 236 g/mol. The van der Waals surface area contributed by atoms with E-state index in [1.54, 1.807) is 0 Å². The van der Waals surface area contributed by atoms with Crippen molar-refractivity contribution in [1.29, 1.82) is 0 Å². The molecule has 2 saturated carbocycles. The Morgan fingerprint density at radius 2 is 2.06 bits per heavy atom. The SMILES string of the molecule is CC(NC(C)C1CC1)c1csc(C2CC2)n1. The summed E-state index contributed by atoms with van der Waals surface area (Å²) in [5, 5.41) is 7.28. The van der Waals surface area contributed by atoms with Gasteiger partial charge in [0.1, 0.15) is 0 Å². The molecule has 0 aromatic carbocycles. The summed E-state index contributed by atoms with van der Waals surface area (Å²) in [5.74, 6) is 1.72. The summed E-state index contributed by atoms with van der Waals surface area (Å²) >= 11 is 1.85. The molecule has 3 heteroatoms. The Bertz CT molecular complexity index is 366. The number of thiazole rings is 1. The largest absolute Gasteiger partial charge is 0.306 e. The van der Waals surface area contributed by atoms with E-state index in [0.717, 1.165) is 11.8 Å². The molecule has 2 nitrogen and oxygen atoms in total. The smallest absolute Gasteiger partial charge is 0.0959 e. The Morgan fingerprint density at radius 1 is 1.31 bits per heavy atom. The van der Waals surface area contributed by atoms with Crippen LogP contribution in [0.1, 0.15) is 62.2 Å². The summed E-state index contributed by atoms with van der Waals surface area (Å²) in [6, 6.07) is 1.07. The topological polar surface area (TPSA) is 24.9 Å². The van der Waals surface area contributed by atoms with Crippen molar-refractivity contribution in [2.75, 3.05) is 0 Å². The second kappa shape index (κ2) is 4.11. The standard InChI is InChI=1S/C13H20N2S/c1-8(10-3-4-10)14-9(2)12-7-16-13(15-12)11-5-6-11/h7-11,14H,3-6H2,1-2H3. The van der Waals surface area contributed by atoms with Crippen LogP contribution in [0.15, 0.2) is 5.38 Å². The Morgan fingerprint density at radius 3 is 2.69 bits per heavy atom. The summed E-state index contributed by atoms with van der Waals surface area (Å²) in [6.45, 7) is 4.55. The predicted molar refractivity (Wildman–Crippen MR) is 67.8 cm³/mol. The number of nitrogens with one attached hydrogen (secondary N) is 1. The van der Waals surface area contributed by atoms with Crippen LogP contribution in [0.4, 0.5) is 0 Å². The van der Waals surface area contributed by atoms with E-state index in [4.69, 9.17) is 4.98 Å². The highest BCUT2D eigenvalue weighted by Crippen LogP contribution is 2.42. The zero-order valence-electron chi connectivity index (χ0n) is 10.1. The van der Waals surface area contributed by atoms with Crippen LogP contribution in [0.3, 0.4) is 0 Å². The van der Waals surface area contributed by atoms with Gasteiger partial charge in [0.15, 0.2) is 0 Å². The minimum absolute atomic E-state index is 0.416. The number of nitrogens with zero attached hydrogens (tertiary/aromatic N) is 1. The van der Waals surface area contributed by atoms with Gasteiger partial charge in [-0.3, -0.25) is 0 Å². The first-order valence-corrected chi connectivity index (χ1v) is 7.33. The molecular formula is C13H20N2S. The molecule has 0 radical (unpaired) electrons. The first-order valence-electron chi connectivity index (χ1n) is 6.45. The predicted octanol–water partition coefficient (Wildman–Crippen LogP) is 3.47. The van der Waals surface area contributed by atoms with Crippen molar-refractivity contribution in [3.8, 4) is 0 Å². The van der Waals surface area contributed by atoms with Gasteiger partial charge in [0.25, 0.3) is 0 Å². The van der Waals surface area contributed by atoms with E-state index in [-0.39, 0.29) is 0 Å². The Balaban J connectivity index is 1.60. The van der Waals surface area contributed by atoms with Crippen molar-refractivity contribution in [2.24, 2.45) is 5.92 Å². The normalized spacial score (nSPS) is 24.4. The maximum Gasteiger partial charge on any atom is 0.0959 e. The van der Waals surface area contributed by atoms with Gasteiger partial charge in [-0.05, 0) is 45.4 Å². The monoisotopic (exact) mass is 236 g/mol. The highest BCUT2D eigenvalue weighted by atomic mass is 32.1. The quantitative estimate of drug-likeness (QED) is 0.846. The van der Waals surface area contributed by atoms with Crippen molar-refractivity contribution in [3.05, 3.63) is 16.1 Å².